The Kier molecular flexibility index (Phi) is 5.86. The number of nitrogens with two attached hydrogens (primary N) is 1. The summed E-state index contributed by atoms with van der Waals surface area (Å²) in [6.07, 6.45) is 3.80. The topological polar surface area (TPSA) is 64.8 Å². The lowest BCUT2D eigenvalue weighted by molar-refractivity contribution is -0.136. The molecule has 2 heterocycles. The molecule has 1 amide bonds. The van der Waals surface area contributed by atoms with Gasteiger partial charge in [0.05, 0.1) is 6.10 Å². The van der Waals surface area contributed by atoms with Crippen LogP contribution in [0.15, 0.2) is 18.2 Å². The van der Waals surface area contributed by atoms with Gasteiger partial charge in [0.2, 0.25) is 0 Å². The number of halogens is 2. The van der Waals surface area contributed by atoms with Crippen molar-refractivity contribution in [1.29, 1.82) is 0 Å². The maximum Gasteiger partial charge on any atom is 0.260 e. The van der Waals surface area contributed by atoms with E-state index in [9.17, 15) is 13.6 Å². The summed E-state index contributed by atoms with van der Waals surface area (Å²) in [6, 6.07) is 3.31. The second-order valence-corrected chi connectivity index (χ2v) is 6.72. The Hall–Kier alpha value is -1.73. The van der Waals surface area contributed by atoms with Crippen molar-refractivity contribution < 1.29 is 23.0 Å². The van der Waals surface area contributed by atoms with E-state index in [1.54, 1.807) is 4.90 Å². The molecule has 2 aliphatic heterocycles. The number of benzene rings is 1. The van der Waals surface area contributed by atoms with Gasteiger partial charge in [0.1, 0.15) is 5.75 Å². The molecule has 2 aliphatic rings. The number of nitrogens with zero attached hydrogens (tertiary/aromatic N) is 1. The summed E-state index contributed by atoms with van der Waals surface area (Å²) in [4.78, 5) is 14.0. The molecule has 2 atom stereocenters. The van der Waals surface area contributed by atoms with Crippen LogP contribution in [0.1, 0.15) is 25.7 Å². The molecule has 0 saturated carbocycles. The quantitative estimate of drug-likeness (QED) is 0.899. The average Bonchev–Trinajstić information content (AvgIpc) is 2.63. The number of rotatable bonds is 4. The lowest BCUT2D eigenvalue weighted by Crippen LogP contribution is -2.50. The Morgan fingerprint density at radius 1 is 1.24 bits per heavy atom. The molecule has 0 spiro atoms. The molecule has 1 aromatic carbocycles. The lowest BCUT2D eigenvalue weighted by Gasteiger charge is -2.40. The van der Waals surface area contributed by atoms with E-state index < -0.39 is 11.6 Å². The summed E-state index contributed by atoms with van der Waals surface area (Å²) in [6.45, 7) is 1.85. The Labute approximate surface area is 146 Å². The molecule has 2 unspecified atom stereocenters. The minimum Gasteiger partial charge on any atom is -0.484 e. The monoisotopic (exact) mass is 354 g/mol. The molecule has 2 N–H and O–H groups in total. The predicted octanol–water partition coefficient (Wildman–Crippen LogP) is 2.09. The van der Waals surface area contributed by atoms with E-state index in [1.807, 2.05) is 0 Å². The van der Waals surface area contributed by atoms with Gasteiger partial charge in [-0.05, 0) is 43.7 Å². The molecule has 1 aromatic rings. The van der Waals surface area contributed by atoms with Gasteiger partial charge >= 0.3 is 0 Å². The van der Waals surface area contributed by atoms with Crippen LogP contribution in [-0.4, -0.2) is 49.3 Å². The highest BCUT2D eigenvalue weighted by molar-refractivity contribution is 5.77. The second-order valence-electron chi connectivity index (χ2n) is 6.72. The first-order chi connectivity index (χ1) is 12.0. The van der Waals surface area contributed by atoms with E-state index in [0.717, 1.165) is 44.4 Å². The summed E-state index contributed by atoms with van der Waals surface area (Å²) < 4.78 is 37.1. The van der Waals surface area contributed by atoms with E-state index in [0.29, 0.717) is 19.0 Å². The predicted molar refractivity (Wildman–Crippen MR) is 88.1 cm³/mol. The van der Waals surface area contributed by atoms with Gasteiger partial charge in [-0.2, -0.15) is 0 Å². The van der Waals surface area contributed by atoms with Gasteiger partial charge in [-0.25, -0.2) is 8.78 Å². The number of ether oxygens (including phenoxy) is 2. The van der Waals surface area contributed by atoms with Crippen LogP contribution in [-0.2, 0) is 9.53 Å². The van der Waals surface area contributed by atoms with Crippen LogP contribution < -0.4 is 10.5 Å². The maximum atomic E-state index is 13.1. The highest BCUT2D eigenvalue weighted by atomic mass is 19.2. The minimum atomic E-state index is -0.991. The van der Waals surface area contributed by atoms with E-state index in [2.05, 4.69) is 0 Å². The van der Waals surface area contributed by atoms with Crippen molar-refractivity contribution in [1.82, 2.24) is 4.90 Å². The van der Waals surface area contributed by atoms with Crippen LogP contribution >= 0.6 is 0 Å². The normalized spacial score (nSPS) is 25.0. The van der Waals surface area contributed by atoms with E-state index in [-0.39, 0.29) is 30.4 Å². The van der Waals surface area contributed by atoms with Crippen molar-refractivity contribution in [2.45, 2.75) is 37.8 Å². The van der Waals surface area contributed by atoms with Gasteiger partial charge in [0, 0.05) is 31.8 Å². The largest absolute Gasteiger partial charge is 0.484 e. The molecule has 0 radical (unpaired) electrons. The third kappa shape index (κ3) is 4.46. The number of carbonyl (C=O) groups is 1. The summed E-state index contributed by atoms with van der Waals surface area (Å²) in [5.41, 5.74) is 6.16. The van der Waals surface area contributed by atoms with Gasteiger partial charge in [0.15, 0.2) is 18.2 Å². The molecular formula is C18H24F2N2O3. The number of hydrogen-bond acceptors (Lipinski definition) is 4. The zero-order valence-electron chi connectivity index (χ0n) is 14.1. The van der Waals surface area contributed by atoms with Crippen LogP contribution in [0.4, 0.5) is 8.78 Å². The Bertz CT molecular complexity index is 606. The third-order valence-corrected chi connectivity index (χ3v) is 5.02. The molecule has 5 nitrogen and oxygen atoms in total. The second kappa shape index (κ2) is 8.10. The average molecular weight is 354 g/mol. The number of likely N-dealkylation sites (tertiary alicyclic amines) is 1. The summed E-state index contributed by atoms with van der Waals surface area (Å²) in [7, 11) is 0. The van der Waals surface area contributed by atoms with Crippen molar-refractivity contribution in [2.75, 3.05) is 26.3 Å². The zero-order chi connectivity index (χ0) is 17.8. The molecule has 0 bridgehead atoms. The van der Waals surface area contributed by atoms with Gasteiger partial charge in [0.25, 0.3) is 5.91 Å². The maximum absolute atomic E-state index is 13.1. The first kappa shape index (κ1) is 18.1. The molecule has 138 valence electrons. The van der Waals surface area contributed by atoms with Crippen molar-refractivity contribution in [2.24, 2.45) is 11.7 Å². The van der Waals surface area contributed by atoms with Crippen molar-refractivity contribution >= 4 is 5.91 Å². The van der Waals surface area contributed by atoms with Crippen LogP contribution in [0.5, 0.6) is 5.75 Å². The molecule has 3 rings (SSSR count). The molecule has 7 heteroatoms. The van der Waals surface area contributed by atoms with E-state index >= 15 is 0 Å². The standard InChI is InChI=1S/C18H24F2N2O3/c19-14-4-3-13(10-15(14)20)25-11-17(23)22-7-5-12(6-8-22)18-16(21)2-1-9-24-18/h3-4,10,12,16,18H,1-2,5-9,11,21H2. The van der Waals surface area contributed by atoms with E-state index in [1.165, 1.54) is 6.07 Å². The van der Waals surface area contributed by atoms with Crippen LogP contribution in [0.3, 0.4) is 0 Å². The molecule has 2 saturated heterocycles. The van der Waals surface area contributed by atoms with E-state index in [4.69, 9.17) is 15.2 Å². The Morgan fingerprint density at radius 2 is 2.00 bits per heavy atom. The highest BCUT2D eigenvalue weighted by Gasteiger charge is 2.34. The number of amides is 1. The van der Waals surface area contributed by atoms with Gasteiger partial charge < -0.3 is 20.1 Å². The minimum absolute atomic E-state index is 0.0812. The Morgan fingerprint density at radius 3 is 2.68 bits per heavy atom. The lowest BCUT2D eigenvalue weighted by atomic mass is 9.85. The van der Waals surface area contributed by atoms with Crippen molar-refractivity contribution in [3.63, 3.8) is 0 Å². The highest BCUT2D eigenvalue weighted by Crippen LogP contribution is 2.28. The summed E-state index contributed by atoms with van der Waals surface area (Å²) in [5, 5.41) is 0. The fraction of sp³-hybridized carbons (Fsp3) is 0.611. The number of carbonyl (C=O) groups excluding carboxylic acids is 1. The SMILES string of the molecule is NC1CCCOC1C1CCN(C(=O)COc2ccc(F)c(F)c2)CC1. The molecular weight excluding hydrogens is 330 g/mol. The number of piperidine rings is 1. The fourth-order valence-electron chi connectivity index (χ4n) is 3.59. The zero-order valence-corrected chi connectivity index (χ0v) is 14.1. The molecule has 2 fully saturated rings. The molecule has 0 aliphatic carbocycles. The fourth-order valence-corrected chi connectivity index (χ4v) is 3.59. The Balaban J connectivity index is 1.45. The summed E-state index contributed by atoms with van der Waals surface area (Å²) >= 11 is 0. The van der Waals surface area contributed by atoms with Crippen LogP contribution in [0.25, 0.3) is 0 Å². The number of hydrogen-bond donors (Lipinski definition) is 1. The third-order valence-electron chi connectivity index (χ3n) is 5.02. The van der Waals surface area contributed by atoms with Gasteiger partial charge in [-0.1, -0.05) is 0 Å². The first-order valence-corrected chi connectivity index (χ1v) is 8.77. The smallest absolute Gasteiger partial charge is 0.260 e. The van der Waals surface area contributed by atoms with Gasteiger partial charge in [-0.3, -0.25) is 4.79 Å². The molecule has 25 heavy (non-hydrogen) atoms. The van der Waals surface area contributed by atoms with Gasteiger partial charge in [-0.15, -0.1) is 0 Å². The van der Waals surface area contributed by atoms with Crippen molar-refractivity contribution in [3.05, 3.63) is 29.8 Å². The van der Waals surface area contributed by atoms with Crippen LogP contribution in [0, 0.1) is 17.6 Å². The summed E-state index contributed by atoms with van der Waals surface area (Å²) in [5.74, 6) is -1.56. The first-order valence-electron chi connectivity index (χ1n) is 8.77. The van der Waals surface area contributed by atoms with Crippen molar-refractivity contribution in [3.8, 4) is 5.75 Å². The molecule has 0 aromatic heterocycles. The van der Waals surface area contributed by atoms with Crippen LogP contribution in [0.2, 0.25) is 0 Å².